The molecular formula is C8H5BrN2O. The van der Waals surface area contributed by atoms with Crippen LogP contribution in [0.15, 0.2) is 22.8 Å². The van der Waals surface area contributed by atoms with Crippen molar-refractivity contribution < 1.29 is 5.11 Å². The summed E-state index contributed by atoms with van der Waals surface area (Å²) in [5.41, 5.74) is 0.380. The molecule has 0 aliphatic carbocycles. The van der Waals surface area contributed by atoms with Crippen LogP contribution >= 0.6 is 15.9 Å². The van der Waals surface area contributed by atoms with E-state index in [2.05, 4.69) is 20.9 Å². The number of pyridine rings is 1. The van der Waals surface area contributed by atoms with Crippen molar-refractivity contribution in [1.29, 1.82) is 5.26 Å². The first-order valence-electron chi connectivity index (χ1n) is 3.15. The molecule has 0 saturated carbocycles. The fourth-order valence-corrected chi connectivity index (χ4v) is 1.00. The van der Waals surface area contributed by atoms with Crippen LogP contribution in [0.25, 0.3) is 6.08 Å². The van der Waals surface area contributed by atoms with Gasteiger partial charge in [0.2, 0.25) is 0 Å². The van der Waals surface area contributed by atoms with E-state index in [1.165, 1.54) is 18.2 Å². The summed E-state index contributed by atoms with van der Waals surface area (Å²) in [5.74, 6) is 0.0599. The van der Waals surface area contributed by atoms with Crippen LogP contribution < -0.4 is 0 Å². The van der Waals surface area contributed by atoms with Crippen molar-refractivity contribution in [3.8, 4) is 11.8 Å². The first kappa shape index (κ1) is 8.75. The van der Waals surface area contributed by atoms with Crippen LogP contribution in [0.5, 0.6) is 5.75 Å². The number of nitrogens with zero attached hydrogens (tertiary/aromatic N) is 2. The molecule has 0 spiro atoms. The summed E-state index contributed by atoms with van der Waals surface area (Å²) in [6.07, 6.45) is 2.70. The fourth-order valence-electron chi connectivity index (χ4n) is 0.682. The molecule has 1 aromatic heterocycles. The maximum absolute atomic E-state index is 9.22. The molecule has 12 heavy (non-hydrogen) atoms. The minimum atomic E-state index is 0.0599. The standard InChI is InChI=1S/C8H5BrN2O/c9-8-4-3-7(12)6(11-8)2-1-5-10/h1-4,12H. The van der Waals surface area contributed by atoms with E-state index in [1.807, 2.05) is 6.07 Å². The van der Waals surface area contributed by atoms with Gasteiger partial charge in [0.25, 0.3) is 0 Å². The van der Waals surface area contributed by atoms with Crippen molar-refractivity contribution in [2.75, 3.05) is 0 Å². The van der Waals surface area contributed by atoms with Gasteiger partial charge in [-0.2, -0.15) is 5.26 Å². The Morgan fingerprint density at radius 3 is 3.00 bits per heavy atom. The van der Waals surface area contributed by atoms with Crippen molar-refractivity contribution in [3.63, 3.8) is 0 Å². The molecule has 0 saturated heterocycles. The van der Waals surface area contributed by atoms with Gasteiger partial charge in [-0.15, -0.1) is 0 Å². The highest BCUT2D eigenvalue weighted by atomic mass is 79.9. The Labute approximate surface area is 78.1 Å². The Morgan fingerprint density at radius 2 is 2.33 bits per heavy atom. The van der Waals surface area contributed by atoms with Gasteiger partial charge in [0, 0.05) is 6.08 Å². The van der Waals surface area contributed by atoms with Crippen molar-refractivity contribution >= 4 is 22.0 Å². The first-order chi connectivity index (χ1) is 5.74. The molecule has 0 aliphatic heterocycles. The Bertz CT molecular complexity index is 355. The molecule has 0 radical (unpaired) electrons. The highest BCUT2D eigenvalue weighted by molar-refractivity contribution is 9.10. The highest BCUT2D eigenvalue weighted by Crippen LogP contribution is 2.18. The molecule has 0 aliphatic rings. The van der Waals surface area contributed by atoms with E-state index >= 15 is 0 Å². The number of hydrogen-bond acceptors (Lipinski definition) is 3. The lowest BCUT2D eigenvalue weighted by atomic mass is 10.3. The van der Waals surface area contributed by atoms with Crippen LogP contribution in [-0.2, 0) is 0 Å². The zero-order valence-corrected chi connectivity index (χ0v) is 7.62. The van der Waals surface area contributed by atoms with Gasteiger partial charge in [-0.3, -0.25) is 0 Å². The predicted octanol–water partition coefficient (Wildman–Crippen LogP) is 2.09. The average Bonchev–Trinajstić information content (AvgIpc) is 2.07. The lowest BCUT2D eigenvalue weighted by molar-refractivity contribution is 0.471. The van der Waals surface area contributed by atoms with Gasteiger partial charge in [-0.05, 0) is 34.1 Å². The van der Waals surface area contributed by atoms with E-state index < -0.39 is 0 Å². The molecule has 3 nitrogen and oxygen atoms in total. The summed E-state index contributed by atoms with van der Waals surface area (Å²) < 4.78 is 0.623. The van der Waals surface area contributed by atoms with E-state index in [0.29, 0.717) is 10.3 Å². The number of aromatic nitrogens is 1. The van der Waals surface area contributed by atoms with Crippen LogP contribution in [0.3, 0.4) is 0 Å². The molecule has 0 aromatic carbocycles. The highest BCUT2D eigenvalue weighted by Gasteiger charge is 1.98. The molecule has 0 fully saturated rings. The van der Waals surface area contributed by atoms with Gasteiger partial charge < -0.3 is 5.11 Å². The zero-order chi connectivity index (χ0) is 8.97. The molecule has 4 heteroatoms. The number of halogens is 1. The smallest absolute Gasteiger partial charge is 0.141 e. The summed E-state index contributed by atoms with van der Waals surface area (Å²) in [4.78, 5) is 3.94. The molecule has 0 amide bonds. The van der Waals surface area contributed by atoms with Crippen molar-refractivity contribution in [1.82, 2.24) is 4.98 Å². The molecule has 0 atom stereocenters. The molecular weight excluding hydrogens is 220 g/mol. The molecule has 0 unspecified atom stereocenters. The lowest BCUT2D eigenvalue weighted by Gasteiger charge is -1.96. The lowest BCUT2D eigenvalue weighted by Crippen LogP contribution is -1.81. The fraction of sp³-hybridized carbons (Fsp3) is 0. The second-order valence-electron chi connectivity index (χ2n) is 2.00. The van der Waals surface area contributed by atoms with Gasteiger partial charge >= 0.3 is 0 Å². The summed E-state index contributed by atoms with van der Waals surface area (Å²) in [7, 11) is 0. The number of aromatic hydroxyl groups is 1. The number of rotatable bonds is 1. The largest absolute Gasteiger partial charge is 0.506 e. The SMILES string of the molecule is N#CC=Cc1nc(Br)ccc1O. The third-order valence-electron chi connectivity index (χ3n) is 1.18. The van der Waals surface area contributed by atoms with Gasteiger partial charge in [-0.1, -0.05) is 0 Å². The van der Waals surface area contributed by atoms with E-state index in [1.54, 1.807) is 6.07 Å². The Balaban J connectivity index is 3.07. The summed E-state index contributed by atoms with van der Waals surface area (Å²) in [6.45, 7) is 0. The van der Waals surface area contributed by atoms with Gasteiger partial charge in [0.1, 0.15) is 16.0 Å². The predicted molar refractivity (Wildman–Crippen MR) is 48.2 cm³/mol. The number of allylic oxidation sites excluding steroid dienone is 1. The molecule has 1 rings (SSSR count). The quantitative estimate of drug-likeness (QED) is 0.588. The number of nitriles is 1. The summed E-state index contributed by atoms with van der Waals surface area (Å²) in [6, 6.07) is 4.95. The molecule has 1 aromatic rings. The molecule has 0 bridgehead atoms. The zero-order valence-electron chi connectivity index (χ0n) is 6.03. The molecule has 1 heterocycles. The normalized spacial score (nSPS) is 10.0. The van der Waals surface area contributed by atoms with Crippen molar-refractivity contribution in [2.24, 2.45) is 0 Å². The van der Waals surface area contributed by atoms with Crippen molar-refractivity contribution in [3.05, 3.63) is 28.5 Å². The Morgan fingerprint density at radius 1 is 1.58 bits per heavy atom. The second kappa shape index (κ2) is 3.88. The van der Waals surface area contributed by atoms with Crippen LogP contribution in [-0.4, -0.2) is 10.1 Å². The monoisotopic (exact) mass is 224 g/mol. The van der Waals surface area contributed by atoms with Crippen molar-refractivity contribution in [2.45, 2.75) is 0 Å². The van der Waals surface area contributed by atoms with Gasteiger partial charge in [0.05, 0.1) is 6.07 Å². The van der Waals surface area contributed by atoms with E-state index in [9.17, 15) is 5.11 Å². The summed E-state index contributed by atoms with van der Waals surface area (Å²) >= 11 is 3.15. The number of hydrogen-bond donors (Lipinski definition) is 1. The topological polar surface area (TPSA) is 56.9 Å². The molecule has 1 N–H and O–H groups in total. The van der Waals surface area contributed by atoms with E-state index in [0.717, 1.165) is 0 Å². The first-order valence-corrected chi connectivity index (χ1v) is 3.95. The second-order valence-corrected chi connectivity index (χ2v) is 2.81. The molecule has 60 valence electrons. The van der Waals surface area contributed by atoms with E-state index in [4.69, 9.17) is 5.26 Å². The Hall–Kier alpha value is -1.34. The van der Waals surface area contributed by atoms with Crippen LogP contribution in [0.1, 0.15) is 5.69 Å². The Kier molecular flexibility index (Phi) is 2.83. The van der Waals surface area contributed by atoms with E-state index in [-0.39, 0.29) is 5.75 Å². The van der Waals surface area contributed by atoms with Crippen LogP contribution in [0.2, 0.25) is 0 Å². The summed E-state index contributed by atoms with van der Waals surface area (Å²) in [5, 5.41) is 17.4. The third-order valence-corrected chi connectivity index (χ3v) is 1.63. The maximum Gasteiger partial charge on any atom is 0.141 e. The average molecular weight is 225 g/mol. The minimum Gasteiger partial charge on any atom is -0.506 e. The van der Waals surface area contributed by atoms with Crippen LogP contribution in [0.4, 0.5) is 0 Å². The van der Waals surface area contributed by atoms with Crippen LogP contribution in [0, 0.1) is 11.3 Å². The van der Waals surface area contributed by atoms with Gasteiger partial charge in [0.15, 0.2) is 0 Å². The third kappa shape index (κ3) is 2.07. The van der Waals surface area contributed by atoms with Gasteiger partial charge in [-0.25, -0.2) is 4.98 Å². The maximum atomic E-state index is 9.22. The minimum absolute atomic E-state index is 0.0599.